The van der Waals surface area contributed by atoms with Gasteiger partial charge in [-0.3, -0.25) is 0 Å². The molecule has 0 aliphatic carbocycles. The zero-order valence-electron chi connectivity index (χ0n) is 25.6. The van der Waals surface area contributed by atoms with Crippen molar-refractivity contribution < 1.29 is 0 Å². The van der Waals surface area contributed by atoms with Gasteiger partial charge in [0.1, 0.15) is 12.0 Å². The highest BCUT2D eigenvalue weighted by molar-refractivity contribution is 6.13. The first-order valence-corrected chi connectivity index (χ1v) is 15.5. The average molecular weight is 595 g/mol. The van der Waals surface area contributed by atoms with E-state index < -0.39 is 0 Å². The van der Waals surface area contributed by atoms with Gasteiger partial charge in [-0.05, 0) is 68.9 Å². The number of hydrogen-bond acceptors (Lipinski definition) is 4. The number of hydrogen-bond donors (Lipinski definition) is 2. The maximum atomic E-state index is 5.69. The van der Waals surface area contributed by atoms with Crippen LogP contribution in [0.2, 0.25) is 0 Å². The van der Waals surface area contributed by atoms with Gasteiger partial charge in [0.15, 0.2) is 5.84 Å². The van der Waals surface area contributed by atoms with E-state index in [4.69, 9.17) is 15.7 Å². The molecule has 6 aromatic rings. The van der Waals surface area contributed by atoms with Crippen molar-refractivity contribution in [1.82, 2.24) is 5.32 Å². The highest BCUT2D eigenvalue weighted by atomic mass is 15.2. The Hall–Kier alpha value is -6.00. The lowest BCUT2D eigenvalue weighted by Crippen LogP contribution is -2.33. The quantitative estimate of drug-likeness (QED) is 0.181. The highest BCUT2D eigenvalue weighted by Crippen LogP contribution is 2.39. The summed E-state index contributed by atoms with van der Waals surface area (Å²) in [6.07, 6.45) is 5.31. The van der Waals surface area contributed by atoms with Crippen molar-refractivity contribution in [2.45, 2.75) is 13.1 Å². The van der Waals surface area contributed by atoms with Crippen molar-refractivity contribution in [2.75, 3.05) is 0 Å². The van der Waals surface area contributed by atoms with Gasteiger partial charge in [-0.2, -0.15) is 0 Å². The van der Waals surface area contributed by atoms with Crippen LogP contribution in [0.3, 0.4) is 0 Å². The van der Waals surface area contributed by atoms with Crippen LogP contribution in [0.15, 0.2) is 174 Å². The Morgan fingerprint density at radius 2 is 1.30 bits per heavy atom. The van der Waals surface area contributed by atoms with Crippen molar-refractivity contribution >= 4 is 28.0 Å². The Balaban J connectivity index is 1.28. The van der Waals surface area contributed by atoms with Crippen molar-refractivity contribution in [1.29, 1.82) is 0 Å². The number of aliphatic imine (C=N–C) groups is 2. The molecule has 0 saturated heterocycles. The first kappa shape index (κ1) is 28.8. The van der Waals surface area contributed by atoms with E-state index in [9.17, 15) is 0 Å². The molecule has 1 heterocycles. The number of benzene rings is 6. The number of nitrogens with one attached hydrogen (secondary N) is 1. The van der Waals surface area contributed by atoms with Crippen LogP contribution in [0.25, 0.3) is 38.6 Å². The molecule has 1 aliphatic rings. The molecule has 222 valence electrons. The van der Waals surface area contributed by atoms with Gasteiger partial charge in [-0.25, -0.2) is 9.98 Å². The van der Waals surface area contributed by atoms with E-state index in [2.05, 4.69) is 121 Å². The van der Waals surface area contributed by atoms with Gasteiger partial charge in [0.25, 0.3) is 0 Å². The number of allylic oxidation sites excluding steroid dienone is 3. The Morgan fingerprint density at radius 3 is 2.00 bits per heavy atom. The summed E-state index contributed by atoms with van der Waals surface area (Å²) in [6, 6.07) is 50.9. The molecule has 4 nitrogen and oxygen atoms in total. The fourth-order valence-corrected chi connectivity index (χ4v) is 6.04. The number of nitrogens with zero attached hydrogens (tertiary/aromatic N) is 2. The molecule has 0 fully saturated rings. The summed E-state index contributed by atoms with van der Waals surface area (Å²) in [5.41, 5.74) is 15.7. The van der Waals surface area contributed by atoms with E-state index in [1.54, 1.807) is 6.20 Å². The molecule has 46 heavy (non-hydrogen) atoms. The summed E-state index contributed by atoms with van der Waals surface area (Å²) in [7, 11) is 0. The molecule has 3 N–H and O–H groups in total. The summed E-state index contributed by atoms with van der Waals surface area (Å²) in [5, 5.41) is 6.01. The predicted octanol–water partition coefficient (Wildman–Crippen LogP) is 9.54. The van der Waals surface area contributed by atoms with Crippen molar-refractivity contribution in [3.63, 3.8) is 0 Å². The zero-order chi connectivity index (χ0) is 31.3. The molecule has 7 rings (SSSR count). The number of fused-ring (bicyclic) bond motifs is 1. The Labute approximate surface area is 270 Å². The summed E-state index contributed by atoms with van der Waals surface area (Å²) < 4.78 is 0. The molecular weight excluding hydrogens is 560 g/mol. The van der Waals surface area contributed by atoms with Crippen LogP contribution in [-0.4, -0.2) is 11.7 Å². The monoisotopic (exact) mass is 594 g/mol. The van der Waals surface area contributed by atoms with E-state index in [1.165, 1.54) is 21.9 Å². The van der Waals surface area contributed by atoms with Crippen molar-refractivity contribution in [3.05, 3.63) is 186 Å². The standard InChI is InChI=1S/C42H34N4/c1-2-29(27-28-43)30-17-19-32(20-18-30)38-26-25-31-11-9-10-16-37(31)39(38)33-21-23-36(24-22-33)42-45-40(34-12-5-3-6-13-34)44-41(46-42)35-14-7-4-8-15-35/h2-28,42H,43H2,1H3,(H,44,45,46)/b28-27-,29-2+. The minimum atomic E-state index is -0.278. The SMILES string of the molecule is C/C=C(\C=C/N)c1ccc(-c2ccc3ccccc3c2-c2ccc(C3N=C(c4ccccc4)N=C(c4ccccc4)N3)cc2)cc1. The van der Waals surface area contributed by atoms with Crippen LogP contribution >= 0.6 is 0 Å². The van der Waals surface area contributed by atoms with Gasteiger partial charge in [0.2, 0.25) is 0 Å². The number of nitrogens with two attached hydrogens (primary N) is 1. The number of amidine groups is 2. The summed E-state index contributed by atoms with van der Waals surface area (Å²) in [4.78, 5) is 9.98. The lowest BCUT2D eigenvalue weighted by molar-refractivity contribution is 0.674. The van der Waals surface area contributed by atoms with Gasteiger partial charge in [-0.15, -0.1) is 0 Å². The molecule has 4 heteroatoms. The summed E-state index contributed by atoms with van der Waals surface area (Å²) in [5.74, 6) is 1.53. The van der Waals surface area contributed by atoms with Crippen molar-refractivity contribution in [3.8, 4) is 22.3 Å². The fraction of sp³-hybridized carbons (Fsp3) is 0.0476. The summed E-state index contributed by atoms with van der Waals surface area (Å²) >= 11 is 0. The second-order valence-corrected chi connectivity index (χ2v) is 11.2. The first-order chi connectivity index (χ1) is 22.7. The molecule has 0 radical (unpaired) electrons. The minimum absolute atomic E-state index is 0.278. The van der Waals surface area contributed by atoms with E-state index >= 15 is 0 Å². The van der Waals surface area contributed by atoms with Crippen LogP contribution in [0, 0.1) is 0 Å². The third-order valence-electron chi connectivity index (χ3n) is 8.38. The molecule has 6 aromatic carbocycles. The highest BCUT2D eigenvalue weighted by Gasteiger charge is 2.21. The van der Waals surface area contributed by atoms with Crippen molar-refractivity contribution in [2.24, 2.45) is 15.7 Å². The van der Waals surface area contributed by atoms with Crippen LogP contribution in [0.5, 0.6) is 0 Å². The predicted molar refractivity (Wildman–Crippen MR) is 194 cm³/mol. The lowest BCUT2D eigenvalue weighted by Gasteiger charge is -2.24. The summed E-state index contributed by atoms with van der Waals surface area (Å²) in [6.45, 7) is 2.03. The van der Waals surface area contributed by atoms with Crippen LogP contribution < -0.4 is 11.1 Å². The normalized spacial score (nSPS) is 15.0. The Morgan fingerprint density at radius 1 is 0.652 bits per heavy atom. The third kappa shape index (κ3) is 5.76. The van der Waals surface area contributed by atoms with Gasteiger partial charge in [0, 0.05) is 11.1 Å². The molecule has 1 aliphatic heterocycles. The Kier molecular flexibility index (Phi) is 8.08. The van der Waals surface area contributed by atoms with E-state index in [-0.39, 0.29) is 6.17 Å². The Bertz CT molecular complexity index is 2110. The first-order valence-electron chi connectivity index (χ1n) is 15.5. The van der Waals surface area contributed by atoms with Gasteiger partial charge < -0.3 is 11.1 Å². The topological polar surface area (TPSA) is 62.8 Å². The zero-order valence-corrected chi connectivity index (χ0v) is 25.6. The van der Waals surface area contributed by atoms with Crippen LogP contribution in [-0.2, 0) is 0 Å². The maximum Gasteiger partial charge on any atom is 0.159 e. The van der Waals surface area contributed by atoms with Crippen LogP contribution in [0.1, 0.15) is 35.3 Å². The minimum Gasteiger partial charge on any atom is -0.405 e. The molecular formula is C42H34N4. The van der Waals surface area contributed by atoms with Gasteiger partial charge in [0.05, 0.1) is 0 Å². The molecule has 0 bridgehead atoms. The lowest BCUT2D eigenvalue weighted by atomic mass is 9.88. The second-order valence-electron chi connectivity index (χ2n) is 11.2. The molecule has 0 amide bonds. The van der Waals surface area contributed by atoms with Gasteiger partial charge in [-0.1, -0.05) is 152 Å². The van der Waals surface area contributed by atoms with Crippen LogP contribution in [0.4, 0.5) is 0 Å². The molecule has 0 saturated carbocycles. The second kappa shape index (κ2) is 12.9. The van der Waals surface area contributed by atoms with E-state index in [0.29, 0.717) is 0 Å². The largest absolute Gasteiger partial charge is 0.405 e. The van der Waals surface area contributed by atoms with E-state index in [0.717, 1.165) is 50.6 Å². The number of rotatable bonds is 7. The maximum absolute atomic E-state index is 5.69. The molecule has 0 aromatic heterocycles. The molecule has 1 atom stereocenters. The molecule has 0 spiro atoms. The average Bonchev–Trinajstić information content (AvgIpc) is 3.14. The fourth-order valence-electron chi connectivity index (χ4n) is 6.04. The van der Waals surface area contributed by atoms with E-state index in [1.807, 2.05) is 49.4 Å². The van der Waals surface area contributed by atoms with Gasteiger partial charge >= 0.3 is 0 Å². The smallest absolute Gasteiger partial charge is 0.159 e. The third-order valence-corrected chi connectivity index (χ3v) is 8.38. The molecule has 1 unspecified atom stereocenters.